The molecular formula is C17H24N2O2. The van der Waals surface area contributed by atoms with E-state index in [9.17, 15) is 4.79 Å². The zero-order valence-electron chi connectivity index (χ0n) is 13.1. The maximum Gasteiger partial charge on any atom is 0.411 e. The minimum Gasteiger partial charge on any atom is -0.444 e. The molecule has 4 nitrogen and oxygen atoms in total. The molecule has 1 amide bonds. The molecule has 3 saturated heterocycles. The molecular weight excluding hydrogens is 264 g/mol. The van der Waals surface area contributed by atoms with Crippen LogP contribution in [0, 0.1) is 0 Å². The topological polar surface area (TPSA) is 32.8 Å². The zero-order valence-corrected chi connectivity index (χ0v) is 13.1. The Hall–Kier alpha value is -1.55. The molecule has 0 N–H and O–H groups in total. The van der Waals surface area contributed by atoms with Crippen LogP contribution < -0.4 is 0 Å². The normalized spacial score (nSPS) is 25.4. The molecule has 2 atom stereocenters. The minimum absolute atomic E-state index is 0.165. The van der Waals surface area contributed by atoms with Gasteiger partial charge in [-0.2, -0.15) is 0 Å². The summed E-state index contributed by atoms with van der Waals surface area (Å²) in [6.45, 7) is 7.72. The lowest BCUT2D eigenvalue weighted by Crippen LogP contribution is -2.69. The summed E-state index contributed by atoms with van der Waals surface area (Å²) in [6, 6.07) is 10.8. The van der Waals surface area contributed by atoms with Gasteiger partial charge in [0.05, 0.1) is 6.17 Å². The first-order chi connectivity index (χ1) is 9.94. The molecule has 3 aliphatic rings. The van der Waals surface area contributed by atoms with Crippen LogP contribution >= 0.6 is 0 Å². The number of piperidine rings is 1. The second-order valence-corrected chi connectivity index (χ2v) is 7.00. The van der Waals surface area contributed by atoms with E-state index in [2.05, 4.69) is 29.2 Å². The van der Waals surface area contributed by atoms with E-state index in [-0.39, 0.29) is 12.3 Å². The second-order valence-electron chi connectivity index (χ2n) is 7.00. The molecule has 3 aliphatic heterocycles. The van der Waals surface area contributed by atoms with E-state index in [1.165, 1.54) is 5.56 Å². The van der Waals surface area contributed by atoms with Gasteiger partial charge in [0.15, 0.2) is 0 Å². The van der Waals surface area contributed by atoms with Crippen LogP contribution in [0.1, 0.15) is 39.2 Å². The summed E-state index contributed by atoms with van der Waals surface area (Å²) >= 11 is 0. The predicted molar refractivity (Wildman–Crippen MR) is 81.7 cm³/mol. The van der Waals surface area contributed by atoms with Crippen molar-refractivity contribution in [2.75, 3.05) is 6.54 Å². The van der Waals surface area contributed by atoms with Gasteiger partial charge in [0.2, 0.25) is 0 Å². The van der Waals surface area contributed by atoms with Gasteiger partial charge in [-0.1, -0.05) is 30.3 Å². The highest BCUT2D eigenvalue weighted by molar-refractivity contribution is 5.70. The fraction of sp³-hybridized carbons (Fsp3) is 0.588. The van der Waals surface area contributed by atoms with Crippen molar-refractivity contribution in [3.05, 3.63) is 35.9 Å². The van der Waals surface area contributed by atoms with Crippen LogP contribution in [-0.2, 0) is 11.3 Å². The van der Waals surface area contributed by atoms with Crippen molar-refractivity contribution in [2.24, 2.45) is 0 Å². The number of carbonyl (C=O) groups excluding carboxylic acids is 1. The molecule has 2 bridgehead atoms. The first kappa shape index (κ1) is 14.4. The molecule has 0 radical (unpaired) electrons. The van der Waals surface area contributed by atoms with Crippen LogP contribution in [0.3, 0.4) is 0 Å². The molecule has 3 fully saturated rings. The van der Waals surface area contributed by atoms with Gasteiger partial charge in [-0.15, -0.1) is 0 Å². The lowest BCUT2D eigenvalue weighted by molar-refractivity contribution is -0.124. The van der Waals surface area contributed by atoms with Crippen LogP contribution in [0.2, 0.25) is 0 Å². The van der Waals surface area contributed by atoms with Gasteiger partial charge >= 0.3 is 6.09 Å². The predicted octanol–water partition coefficient (Wildman–Crippen LogP) is 3.23. The van der Waals surface area contributed by atoms with E-state index in [0.717, 1.165) is 25.9 Å². The first-order valence-corrected chi connectivity index (χ1v) is 7.73. The monoisotopic (exact) mass is 288 g/mol. The number of amides is 1. The fourth-order valence-electron chi connectivity index (χ4n) is 3.21. The summed E-state index contributed by atoms with van der Waals surface area (Å²) < 4.78 is 5.54. The standard InChI is InChI=1S/C17H24N2O2/c1-17(2,3)21-16(20)19-14-9-10-18(15(19)11-14)12-13-7-5-4-6-8-13/h4-8,14-15H,9-12H2,1-3H3. The number of fused-ring (bicyclic) bond motifs is 2. The third kappa shape index (κ3) is 3.05. The third-order valence-electron chi connectivity index (χ3n) is 4.20. The molecule has 2 unspecified atom stereocenters. The van der Waals surface area contributed by atoms with Crippen LogP contribution in [0.4, 0.5) is 4.79 Å². The number of ether oxygens (including phenoxy) is 1. The molecule has 0 aromatic heterocycles. The van der Waals surface area contributed by atoms with E-state index in [1.807, 2.05) is 31.7 Å². The maximum atomic E-state index is 12.3. The number of carbonyl (C=O) groups is 1. The molecule has 4 rings (SSSR count). The SMILES string of the molecule is CC(C)(C)OC(=O)N1C2CCN(Cc3ccccc3)C1C2. The van der Waals surface area contributed by atoms with Crippen molar-refractivity contribution >= 4 is 6.09 Å². The van der Waals surface area contributed by atoms with Crippen molar-refractivity contribution < 1.29 is 9.53 Å². The van der Waals surface area contributed by atoms with Gasteiger partial charge in [0.1, 0.15) is 5.60 Å². The van der Waals surface area contributed by atoms with Crippen molar-refractivity contribution in [1.82, 2.24) is 9.80 Å². The molecule has 1 aromatic rings. The largest absolute Gasteiger partial charge is 0.444 e. The molecule has 0 saturated carbocycles. The van der Waals surface area contributed by atoms with Crippen LogP contribution in [0.15, 0.2) is 30.3 Å². The Morgan fingerprint density at radius 1 is 1.29 bits per heavy atom. The Bertz CT molecular complexity index is 507. The van der Waals surface area contributed by atoms with Gasteiger partial charge in [0.25, 0.3) is 0 Å². The van der Waals surface area contributed by atoms with Crippen LogP contribution in [-0.4, -0.2) is 40.2 Å². The van der Waals surface area contributed by atoms with Gasteiger partial charge in [0, 0.05) is 25.6 Å². The lowest BCUT2D eigenvalue weighted by Gasteiger charge is -2.57. The highest BCUT2D eigenvalue weighted by Gasteiger charge is 2.49. The Balaban J connectivity index is 1.65. The molecule has 0 spiro atoms. The van der Waals surface area contributed by atoms with Gasteiger partial charge in [-0.25, -0.2) is 4.79 Å². The van der Waals surface area contributed by atoms with Gasteiger partial charge in [-0.05, 0) is 32.8 Å². The van der Waals surface area contributed by atoms with Crippen molar-refractivity contribution in [2.45, 2.75) is 58.0 Å². The lowest BCUT2D eigenvalue weighted by atomic mass is 9.89. The average molecular weight is 288 g/mol. The van der Waals surface area contributed by atoms with Crippen molar-refractivity contribution in [3.8, 4) is 0 Å². The number of rotatable bonds is 2. The number of hydrogen-bond donors (Lipinski definition) is 0. The molecule has 114 valence electrons. The Labute approximate surface area is 126 Å². The van der Waals surface area contributed by atoms with E-state index < -0.39 is 5.60 Å². The van der Waals surface area contributed by atoms with Gasteiger partial charge in [-0.3, -0.25) is 9.80 Å². The smallest absolute Gasteiger partial charge is 0.411 e. The van der Waals surface area contributed by atoms with Crippen molar-refractivity contribution in [1.29, 1.82) is 0 Å². The molecule has 3 heterocycles. The second kappa shape index (κ2) is 5.34. The van der Waals surface area contributed by atoms with Crippen LogP contribution in [0.5, 0.6) is 0 Å². The maximum absolute atomic E-state index is 12.3. The Kier molecular flexibility index (Phi) is 3.66. The molecule has 0 aliphatic carbocycles. The summed E-state index contributed by atoms with van der Waals surface area (Å²) in [5.41, 5.74) is 0.873. The number of benzene rings is 1. The van der Waals surface area contributed by atoms with E-state index >= 15 is 0 Å². The minimum atomic E-state index is -0.425. The summed E-state index contributed by atoms with van der Waals surface area (Å²) in [4.78, 5) is 16.6. The van der Waals surface area contributed by atoms with Crippen molar-refractivity contribution in [3.63, 3.8) is 0 Å². The number of nitrogens with zero attached hydrogens (tertiary/aromatic N) is 2. The number of hydrogen-bond acceptors (Lipinski definition) is 3. The quantitative estimate of drug-likeness (QED) is 0.837. The summed E-state index contributed by atoms with van der Waals surface area (Å²) in [6.07, 6.45) is 2.16. The first-order valence-electron chi connectivity index (χ1n) is 7.73. The average Bonchev–Trinajstić information content (AvgIpc) is 2.37. The third-order valence-corrected chi connectivity index (χ3v) is 4.20. The summed E-state index contributed by atoms with van der Waals surface area (Å²) in [5, 5.41) is 0. The van der Waals surface area contributed by atoms with Crippen LogP contribution in [0.25, 0.3) is 0 Å². The summed E-state index contributed by atoms with van der Waals surface area (Å²) in [7, 11) is 0. The zero-order chi connectivity index (χ0) is 15.0. The fourth-order valence-corrected chi connectivity index (χ4v) is 3.21. The highest BCUT2D eigenvalue weighted by atomic mass is 16.6. The van der Waals surface area contributed by atoms with E-state index in [1.54, 1.807) is 0 Å². The Morgan fingerprint density at radius 3 is 2.62 bits per heavy atom. The Morgan fingerprint density at radius 2 is 2.00 bits per heavy atom. The molecule has 4 heteroatoms. The highest BCUT2D eigenvalue weighted by Crippen LogP contribution is 2.37. The molecule has 21 heavy (non-hydrogen) atoms. The summed E-state index contributed by atoms with van der Waals surface area (Å²) in [5.74, 6) is 0. The van der Waals surface area contributed by atoms with E-state index in [4.69, 9.17) is 4.74 Å². The van der Waals surface area contributed by atoms with Gasteiger partial charge < -0.3 is 4.74 Å². The molecule has 1 aromatic carbocycles. The van der Waals surface area contributed by atoms with E-state index in [0.29, 0.717) is 6.04 Å².